The van der Waals surface area contributed by atoms with Crippen molar-refractivity contribution < 1.29 is 14.3 Å². The zero-order valence-corrected chi connectivity index (χ0v) is 12.5. The van der Waals surface area contributed by atoms with Crippen molar-refractivity contribution in [3.05, 3.63) is 12.4 Å². The zero-order valence-electron chi connectivity index (χ0n) is 12.5. The number of rotatable bonds is 6. The van der Waals surface area contributed by atoms with Crippen LogP contribution in [0.15, 0.2) is 12.4 Å². The van der Waals surface area contributed by atoms with Gasteiger partial charge < -0.3 is 19.7 Å². The van der Waals surface area contributed by atoms with Gasteiger partial charge in [0, 0.05) is 38.1 Å². The number of piperidine rings is 1. The zero-order chi connectivity index (χ0) is 15.1. The van der Waals surface area contributed by atoms with Gasteiger partial charge >= 0.3 is 0 Å². The molecule has 1 aromatic rings. The van der Waals surface area contributed by atoms with E-state index in [2.05, 4.69) is 15.3 Å². The summed E-state index contributed by atoms with van der Waals surface area (Å²) in [7, 11) is 1.57. The molecule has 1 aliphatic heterocycles. The number of amides is 1. The molecule has 0 atom stereocenters. The molecule has 1 aromatic heterocycles. The monoisotopic (exact) mass is 294 g/mol. The molecule has 0 saturated carbocycles. The van der Waals surface area contributed by atoms with Crippen LogP contribution in [-0.2, 0) is 9.53 Å². The van der Waals surface area contributed by atoms with Crippen molar-refractivity contribution in [1.82, 2.24) is 14.9 Å². The third kappa shape index (κ3) is 4.29. The molecule has 0 unspecified atom stereocenters. The maximum atomic E-state index is 11.9. The van der Waals surface area contributed by atoms with E-state index in [1.165, 1.54) is 0 Å². The van der Waals surface area contributed by atoms with Crippen LogP contribution in [0.1, 0.15) is 19.8 Å². The summed E-state index contributed by atoms with van der Waals surface area (Å²) in [6, 6.07) is 0.270. The van der Waals surface area contributed by atoms with Gasteiger partial charge in [-0.15, -0.1) is 0 Å². The molecule has 0 radical (unpaired) electrons. The van der Waals surface area contributed by atoms with Crippen LogP contribution in [0.4, 0.5) is 5.82 Å². The minimum absolute atomic E-state index is 0.0624. The Morgan fingerprint density at radius 3 is 2.76 bits per heavy atom. The van der Waals surface area contributed by atoms with Crippen molar-refractivity contribution in [3.63, 3.8) is 0 Å². The summed E-state index contributed by atoms with van der Waals surface area (Å²) in [5.74, 6) is 1.21. The molecule has 7 heteroatoms. The Morgan fingerprint density at radius 1 is 1.38 bits per heavy atom. The van der Waals surface area contributed by atoms with Crippen LogP contribution in [0.2, 0.25) is 0 Å². The van der Waals surface area contributed by atoms with Crippen LogP contribution in [0.5, 0.6) is 5.88 Å². The second-order valence-electron chi connectivity index (χ2n) is 4.85. The highest BCUT2D eigenvalue weighted by molar-refractivity contribution is 5.77. The lowest BCUT2D eigenvalue weighted by atomic mass is 10.1. The number of anilines is 1. The fourth-order valence-electron chi connectivity index (χ4n) is 2.32. The predicted molar refractivity (Wildman–Crippen MR) is 78.3 cm³/mol. The number of hydrogen-bond acceptors (Lipinski definition) is 6. The second kappa shape index (κ2) is 7.78. The summed E-state index contributed by atoms with van der Waals surface area (Å²) in [6.07, 6.45) is 4.97. The fourth-order valence-corrected chi connectivity index (χ4v) is 2.32. The lowest BCUT2D eigenvalue weighted by Gasteiger charge is -2.32. The van der Waals surface area contributed by atoms with Crippen LogP contribution >= 0.6 is 0 Å². The largest absolute Gasteiger partial charge is 0.478 e. The molecule has 2 rings (SSSR count). The number of carbonyl (C=O) groups is 1. The first-order valence-corrected chi connectivity index (χ1v) is 7.21. The predicted octanol–water partition coefficient (Wildman–Crippen LogP) is 0.925. The number of likely N-dealkylation sites (tertiary alicyclic amines) is 1. The van der Waals surface area contributed by atoms with Crippen molar-refractivity contribution >= 4 is 11.7 Å². The lowest BCUT2D eigenvalue weighted by Crippen LogP contribution is -2.43. The number of methoxy groups -OCH3 is 1. The molecule has 0 spiro atoms. The van der Waals surface area contributed by atoms with Gasteiger partial charge in [0.15, 0.2) is 5.82 Å². The Morgan fingerprint density at radius 2 is 2.10 bits per heavy atom. The first kappa shape index (κ1) is 15.5. The van der Waals surface area contributed by atoms with E-state index in [1.54, 1.807) is 19.5 Å². The van der Waals surface area contributed by atoms with Gasteiger partial charge in [0.1, 0.15) is 6.61 Å². The highest BCUT2D eigenvalue weighted by atomic mass is 16.5. The number of nitrogens with one attached hydrogen (secondary N) is 1. The van der Waals surface area contributed by atoms with Crippen LogP contribution in [0.3, 0.4) is 0 Å². The standard InChI is InChI=1S/C14H22N4O3/c1-3-21-10-12(19)18-8-4-11(5-9-18)17-13-14(20-2)16-7-6-15-13/h6-7,11H,3-5,8-10H2,1-2H3,(H,15,17). The van der Waals surface area contributed by atoms with Gasteiger partial charge in [-0.05, 0) is 19.8 Å². The molecule has 0 aromatic carbocycles. The first-order chi connectivity index (χ1) is 10.2. The van der Waals surface area contributed by atoms with Crippen molar-refractivity contribution in [2.24, 2.45) is 0 Å². The number of carbonyl (C=O) groups excluding carboxylic acids is 1. The summed E-state index contributed by atoms with van der Waals surface area (Å²) in [4.78, 5) is 22.1. The smallest absolute Gasteiger partial charge is 0.257 e. The highest BCUT2D eigenvalue weighted by Crippen LogP contribution is 2.21. The van der Waals surface area contributed by atoms with E-state index in [1.807, 2.05) is 11.8 Å². The normalized spacial score (nSPS) is 15.8. The summed E-state index contributed by atoms with van der Waals surface area (Å²) in [6.45, 7) is 4.08. The highest BCUT2D eigenvalue weighted by Gasteiger charge is 2.23. The molecule has 0 bridgehead atoms. The van der Waals surface area contributed by atoms with Gasteiger partial charge in [0.2, 0.25) is 5.91 Å². The molecule has 0 aliphatic carbocycles. The van der Waals surface area contributed by atoms with Crippen molar-refractivity contribution in [3.8, 4) is 5.88 Å². The Kier molecular flexibility index (Phi) is 5.74. The van der Waals surface area contributed by atoms with Gasteiger partial charge in [0.05, 0.1) is 7.11 Å². The maximum absolute atomic E-state index is 11.9. The van der Waals surface area contributed by atoms with E-state index < -0.39 is 0 Å². The van der Waals surface area contributed by atoms with Gasteiger partial charge in [0.25, 0.3) is 5.88 Å². The quantitative estimate of drug-likeness (QED) is 0.841. The third-order valence-corrected chi connectivity index (χ3v) is 3.48. The van der Waals surface area contributed by atoms with Gasteiger partial charge in [-0.3, -0.25) is 4.79 Å². The van der Waals surface area contributed by atoms with Crippen molar-refractivity contribution in [1.29, 1.82) is 0 Å². The van der Waals surface area contributed by atoms with E-state index in [0.29, 0.717) is 18.3 Å². The lowest BCUT2D eigenvalue weighted by molar-refractivity contribution is -0.136. The minimum Gasteiger partial charge on any atom is -0.478 e. The van der Waals surface area contributed by atoms with E-state index in [-0.39, 0.29) is 18.6 Å². The Bertz CT molecular complexity index is 461. The van der Waals surface area contributed by atoms with E-state index in [9.17, 15) is 4.79 Å². The number of ether oxygens (including phenoxy) is 2. The molecule has 1 aliphatic rings. The third-order valence-electron chi connectivity index (χ3n) is 3.48. The molecule has 1 saturated heterocycles. The van der Waals surface area contributed by atoms with Crippen LogP contribution in [0, 0.1) is 0 Å². The summed E-state index contributed by atoms with van der Waals surface area (Å²) in [5.41, 5.74) is 0. The van der Waals surface area contributed by atoms with Gasteiger partial charge in [-0.2, -0.15) is 0 Å². The van der Waals surface area contributed by atoms with E-state index >= 15 is 0 Å². The average molecular weight is 294 g/mol. The molecule has 21 heavy (non-hydrogen) atoms. The van der Waals surface area contributed by atoms with Crippen LogP contribution < -0.4 is 10.1 Å². The molecule has 1 fully saturated rings. The fraction of sp³-hybridized carbons (Fsp3) is 0.643. The Labute approximate surface area is 124 Å². The van der Waals surface area contributed by atoms with Crippen LogP contribution in [0.25, 0.3) is 0 Å². The van der Waals surface area contributed by atoms with Crippen LogP contribution in [-0.4, -0.2) is 60.2 Å². The molecule has 2 heterocycles. The number of hydrogen-bond donors (Lipinski definition) is 1. The maximum Gasteiger partial charge on any atom is 0.257 e. The van der Waals surface area contributed by atoms with Gasteiger partial charge in [-0.25, -0.2) is 9.97 Å². The Balaban J connectivity index is 1.82. The van der Waals surface area contributed by atoms with Crippen molar-refractivity contribution in [2.75, 3.05) is 38.7 Å². The molecule has 1 N–H and O–H groups in total. The van der Waals surface area contributed by atoms with Crippen molar-refractivity contribution in [2.45, 2.75) is 25.8 Å². The van der Waals surface area contributed by atoms with E-state index in [0.717, 1.165) is 25.9 Å². The summed E-state index contributed by atoms with van der Waals surface area (Å²) < 4.78 is 10.3. The second-order valence-corrected chi connectivity index (χ2v) is 4.85. The molecule has 116 valence electrons. The Hall–Kier alpha value is -1.89. The molecule has 1 amide bonds. The molecular weight excluding hydrogens is 272 g/mol. The average Bonchev–Trinajstić information content (AvgIpc) is 2.54. The summed E-state index contributed by atoms with van der Waals surface area (Å²) >= 11 is 0. The summed E-state index contributed by atoms with van der Waals surface area (Å²) in [5, 5.41) is 3.34. The van der Waals surface area contributed by atoms with E-state index in [4.69, 9.17) is 9.47 Å². The molecular formula is C14H22N4O3. The number of aromatic nitrogens is 2. The SMILES string of the molecule is CCOCC(=O)N1CCC(Nc2nccnc2OC)CC1. The number of nitrogens with zero attached hydrogens (tertiary/aromatic N) is 3. The topological polar surface area (TPSA) is 76.6 Å². The van der Waals surface area contributed by atoms with Gasteiger partial charge in [-0.1, -0.05) is 0 Å². The first-order valence-electron chi connectivity index (χ1n) is 7.21. The minimum atomic E-state index is 0.0624. The molecule has 7 nitrogen and oxygen atoms in total.